The van der Waals surface area contributed by atoms with Crippen LogP contribution in [0.3, 0.4) is 0 Å². The lowest BCUT2D eigenvalue weighted by Crippen LogP contribution is -2.42. The van der Waals surface area contributed by atoms with Crippen molar-refractivity contribution in [3.05, 3.63) is 107 Å². The van der Waals surface area contributed by atoms with Crippen molar-refractivity contribution in [2.45, 2.75) is 31.8 Å². The van der Waals surface area contributed by atoms with Gasteiger partial charge in [0, 0.05) is 26.2 Å². The van der Waals surface area contributed by atoms with Crippen LogP contribution in [-0.4, -0.2) is 35.3 Å². The molecule has 3 aromatic rings. The van der Waals surface area contributed by atoms with E-state index in [1.54, 1.807) is 0 Å². The third-order valence-corrected chi connectivity index (χ3v) is 6.52. The van der Waals surface area contributed by atoms with E-state index in [-0.39, 0.29) is 11.9 Å². The first-order valence-corrected chi connectivity index (χ1v) is 11.0. The van der Waals surface area contributed by atoms with Crippen molar-refractivity contribution in [2.75, 3.05) is 19.6 Å². The minimum atomic E-state index is 0.0192. The molecule has 2 aliphatic heterocycles. The van der Waals surface area contributed by atoms with Crippen LogP contribution in [0.2, 0.25) is 0 Å². The van der Waals surface area contributed by atoms with E-state index in [1.165, 1.54) is 27.8 Å². The Labute approximate surface area is 178 Å². The number of fused-ring (bicyclic) bond motifs is 2. The van der Waals surface area contributed by atoms with Gasteiger partial charge in [-0.1, -0.05) is 78.9 Å². The lowest BCUT2D eigenvalue weighted by atomic mass is 9.87. The minimum absolute atomic E-state index is 0.0192. The summed E-state index contributed by atoms with van der Waals surface area (Å²) in [5.41, 5.74) is 6.58. The first-order chi connectivity index (χ1) is 14.8. The van der Waals surface area contributed by atoms with Crippen molar-refractivity contribution >= 4 is 5.91 Å². The van der Waals surface area contributed by atoms with E-state index in [0.29, 0.717) is 6.42 Å². The van der Waals surface area contributed by atoms with Crippen LogP contribution in [0.25, 0.3) is 0 Å². The smallest absolute Gasteiger partial charge is 0.227 e. The standard InChI is InChI=1S/C27H28N2O/c30-26-19-23-12-6-7-14-25(23)27(22-10-2-1-3-11-22)29(26)17-8-16-28-18-15-21-9-4-5-13-24(21)20-28/h1-7,9-14,27H,8,15-20H2. The fourth-order valence-electron chi connectivity index (χ4n) is 5.00. The molecule has 30 heavy (non-hydrogen) atoms. The number of hydrogen-bond donors (Lipinski definition) is 0. The predicted octanol–water partition coefficient (Wildman–Crippen LogP) is 4.61. The van der Waals surface area contributed by atoms with Gasteiger partial charge in [0.25, 0.3) is 0 Å². The van der Waals surface area contributed by atoms with Crippen LogP contribution in [0.5, 0.6) is 0 Å². The van der Waals surface area contributed by atoms with Crippen molar-refractivity contribution in [2.24, 2.45) is 0 Å². The van der Waals surface area contributed by atoms with Gasteiger partial charge in [-0.3, -0.25) is 9.69 Å². The fraction of sp³-hybridized carbons (Fsp3) is 0.296. The topological polar surface area (TPSA) is 23.6 Å². The molecule has 1 amide bonds. The largest absolute Gasteiger partial charge is 0.331 e. The minimum Gasteiger partial charge on any atom is -0.331 e. The Balaban J connectivity index is 1.31. The highest BCUT2D eigenvalue weighted by Gasteiger charge is 2.33. The van der Waals surface area contributed by atoms with Gasteiger partial charge in [-0.15, -0.1) is 0 Å². The van der Waals surface area contributed by atoms with Crippen molar-refractivity contribution in [3.8, 4) is 0 Å². The van der Waals surface area contributed by atoms with E-state index in [0.717, 1.165) is 39.0 Å². The van der Waals surface area contributed by atoms with E-state index < -0.39 is 0 Å². The van der Waals surface area contributed by atoms with Gasteiger partial charge in [0.1, 0.15) is 0 Å². The lowest BCUT2D eigenvalue weighted by molar-refractivity contribution is -0.133. The van der Waals surface area contributed by atoms with Crippen molar-refractivity contribution in [1.82, 2.24) is 9.80 Å². The second kappa shape index (κ2) is 8.45. The summed E-state index contributed by atoms with van der Waals surface area (Å²) >= 11 is 0. The summed E-state index contributed by atoms with van der Waals surface area (Å²) in [4.78, 5) is 17.7. The summed E-state index contributed by atoms with van der Waals surface area (Å²) in [5, 5.41) is 0. The molecule has 1 atom stereocenters. The third kappa shape index (κ3) is 3.78. The molecule has 0 saturated carbocycles. The average Bonchev–Trinajstić information content (AvgIpc) is 2.80. The number of benzene rings is 3. The molecule has 2 aliphatic rings. The summed E-state index contributed by atoms with van der Waals surface area (Å²) in [6, 6.07) is 27.7. The molecule has 5 rings (SSSR count). The molecular formula is C27H28N2O. The van der Waals surface area contributed by atoms with Crippen LogP contribution >= 0.6 is 0 Å². The Morgan fingerprint density at radius 3 is 2.30 bits per heavy atom. The zero-order valence-electron chi connectivity index (χ0n) is 17.3. The maximum Gasteiger partial charge on any atom is 0.227 e. The monoisotopic (exact) mass is 396 g/mol. The number of carbonyl (C=O) groups excluding carboxylic acids is 1. The molecule has 0 spiro atoms. The molecule has 0 aromatic heterocycles. The van der Waals surface area contributed by atoms with Crippen LogP contribution in [-0.2, 0) is 24.2 Å². The summed E-state index contributed by atoms with van der Waals surface area (Å²) < 4.78 is 0. The molecule has 152 valence electrons. The average molecular weight is 397 g/mol. The van der Waals surface area contributed by atoms with E-state index in [1.807, 2.05) is 12.1 Å². The fourth-order valence-corrected chi connectivity index (χ4v) is 5.00. The predicted molar refractivity (Wildman–Crippen MR) is 120 cm³/mol. The van der Waals surface area contributed by atoms with Gasteiger partial charge in [0.2, 0.25) is 5.91 Å². The molecule has 1 unspecified atom stereocenters. The number of nitrogens with zero attached hydrogens (tertiary/aromatic N) is 2. The maximum atomic E-state index is 13.1. The Kier molecular flexibility index (Phi) is 5.37. The zero-order valence-corrected chi connectivity index (χ0v) is 17.3. The van der Waals surface area contributed by atoms with Gasteiger partial charge in [-0.2, -0.15) is 0 Å². The summed E-state index contributed by atoms with van der Waals surface area (Å²) in [6.45, 7) is 3.96. The molecule has 0 N–H and O–H groups in total. The highest BCUT2D eigenvalue weighted by Crippen LogP contribution is 2.35. The van der Waals surface area contributed by atoms with Gasteiger partial charge in [0.05, 0.1) is 12.5 Å². The number of hydrogen-bond acceptors (Lipinski definition) is 2. The van der Waals surface area contributed by atoms with Gasteiger partial charge in [-0.25, -0.2) is 0 Å². The Morgan fingerprint density at radius 1 is 0.767 bits per heavy atom. The molecule has 0 bridgehead atoms. The van der Waals surface area contributed by atoms with Gasteiger partial charge in [0.15, 0.2) is 0 Å². The van der Waals surface area contributed by atoms with E-state index in [2.05, 4.69) is 76.5 Å². The van der Waals surface area contributed by atoms with Crippen molar-refractivity contribution in [1.29, 1.82) is 0 Å². The third-order valence-electron chi connectivity index (χ3n) is 6.52. The molecule has 3 nitrogen and oxygen atoms in total. The lowest BCUT2D eigenvalue weighted by Gasteiger charge is -2.38. The highest BCUT2D eigenvalue weighted by molar-refractivity contribution is 5.82. The maximum absolute atomic E-state index is 13.1. The Bertz CT molecular complexity index is 1030. The number of rotatable bonds is 5. The first-order valence-electron chi connectivity index (χ1n) is 11.0. The molecule has 0 fully saturated rings. The number of amides is 1. The molecule has 2 heterocycles. The molecule has 3 heteroatoms. The molecule has 3 aromatic carbocycles. The van der Waals surface area contributed by atoms with Gasteiger partial charge in [-0.05, 0) is 40.7 Å². The molecule has 0 aliphatic carbocycles. The normalized spacial score (nSPS) is 18.7. The van der Waals surface area contributed by atoms with Crippen LogP contribution in [0.15, 0.2) is 78.9 Å². The van der Waals surface area contributed by atoms with Gasteiger partial charge < -0.3 is 4.90 Å². The second-order valence-electron chi connectivity index (χ2n) is 8.42. The van der Waals surface area contributed by atoms with E-state index >= 15 is 0 Å². The first kappa shape index (κ1) is 19.1. The van der Waals surface area contributed by atoms with Crippen LogP contribution in [0.4, 0.5) is 0 Å². The SMILES string of the molecule is O=C1Cc2ccccc2C(c2ccccc2)N1CCCN1CCc2ccccc2C1. The van der Waals surface area contributed by atoms with Gasteiger partial charge >= 0.3 is 0 Å². The Morgan fingerprint density at radius 2 is 1.47 bits per heavy atom. The van der Waals surface area contributed by atoms with E-state index in [9.17, 15) is 4.79 Å². The number of carbonyl (C=O) groups is 1. The van der Waals surface area contributed by atoms with Crippen LogP contribution in [0.1, 0.15) is 40.3 Å². The van der Waals surface area contributed by atoms with Crippen molar-refractivity contribution in [3.63, 3.8) is 0 Å². The van der Waals surface area contributed by atoms with Crippen molar-refractivity contribution < 1.29 is 4.79 Å². The molecule has 0 saturated heterocycles. The summed E-state index contributed by atoms with van der Waals surface area (Å²) in [5.74, 6) is 0.242. The summed E-state index contributed by atoms with van der Waals surface area (Å²) in [6.07, 6.45) is 2.63. The van der Waals surface area contributed by atoms with Crippen LogP contribution in [0, 0.1) is 0 Å². The highest BCUT2D eigenvalue weighted by atomic mass is 16.2. The summed E-state index contributed by atoms with van der Waals surface area (Å²) in [7, 11) is 0. The zero-order chi connectivity index (χ0) is 20.3. The molecular weight excluding hydrogens is 368 g/mol. The quantitative estimate of drug-likeness (QED) is 0.629. The van der Waals surface area contributed by atoms with E-state index in [4.69, 9.17) is 0 Å². The van der Waals surface area contributed by atoms with Crippen LogP contribution < -0.4 is 0 Å². The second-order valence-corrected chi connectivity index (χ2v) is 8.42. The molecule has 0 radical (unpaired) electrons. The Hall–Kier alpha value is -2.91.